The molecule has 1 aromatic heterocycles. The average molecular weight is 190 g/mol. The van der Waals surface area contributed by atoms with E-state index < -0.39 is 7.80 Å². The molecule has 1 aromatic carbocycles. The fraction of sp³-hybridized carbons (Fsp3) is 0. The van der Waals surface area contributed by atoms with Crippen molar-refractivity contribution in [2.45, 2.75) is 0 Å². The zero-order valence-electron chi connectivity index (χ0n) is 7.03. The summed E-state index contributed by atoms with van der Waals surface area (Å²) in [6, 6.07) is 7.80. The van der Waals surface area contributed by atoms with E-state index in [0.717, 1.165) is 16.2 Å². The van der Waals surface area contributed by atoms with Crippen LogP contribution in [0.5, 0.6) is 0 Å². The first-order chi connectivity index (χ1) is 6.33. The van der Waals surface area contributed by atoms with E-state index in [9.17, 15) is 4.57 Å². The van der Waals surface area contributed by atoms with Crippen LogP contribution >= 0.6 is 7.80 Å². The molecule has 1 atom stereocenters. The molecule has 0 spiro atoms. The molecular formula is C10H9NOP+. The Balaban J connectivity index is 2.71. The van der Waals surface area contributed by atoms with E-state index in [0.29, 0.717) is 0 Å². The monoisotopic (exact) mass is 190 g/mol. The largest absolute Gasteiger partial charge is 0.409 e. The summed E-state index contributed by atoms with van der Waals surface area (Å²) in [6.45, 7) is 3.53. The van der Waals surface area contributed by atoms with Gasteiger partial charge in [-0.25, -0.2) is 0 Å². The molecule has 0 radical (unpaired) electrons. The highest BCUT2D eigenvalue weighted by atomic mass is 31.1. The van der Waals surface area contributed by atoms with Gasteiger partial charge in [-0.3, -0.25) is 0 Å². The third-order valence-electron chi connectivity index (χ3n) is 1.97. The number of rotatable bonds is 2. The molecule has 2 nitrogen and oxygen atoms in total. The standard InChI is InChI=1S/C10H9NOP/c1-2-13(12)10-7-11-9-6-4-3-5-8(9)10/h2-7,11H,1H2/q+1. The molecule has 0 aliphatic heterocycles. The molecule has 13 heavy (non-hydrogen) atoms. The Bertz CT molecular complexity index is 472. The van der Waals surface area contributed by atoms with Gasteiger partial charge in [0.1, 0.15) is 0 Å². The SMILES string of the molecule is C=C[P+](=O)c1c[nH]c2ccccc12. The van der Waals surface area contributed by atoms with Gasteiger partial charge in [0.25, 0.3) is 0 Å². The van der Waals surface area contributed by atoms with Crippen LogP contribution in [0.15, 0.2) is 42.9 Å². The second-order valence-corrected chi connectivity index (χ2v) is 4.23. The maximum absolute atomic E-state index is 11.5. The molecule has 0 bridgehead atoms. The van der Waals surface area contributed by atoms with Crippen LogP contribution in [0.3, 0.4) is 0 Å². The molecule has 0 fully saturated rings. The van der Waals surface area contributed by atoms with Gasteiger partial charge in [-0.2, -0.15) is 0 Å². The highest BCUT2D eigenvalue weighted by Crippen LogP contribution is 2.25. The van der Waals surface area contributed by atoms with Crippen LogP contribution in [-0.2, 0) is 4.57 Å². The summed E-state index contributed by atoms with van der Waals surface area (Å²) in [5, 5.41) is 1.85. The number of aromatic amines is 1. The van der Waals surface area contributed by atoms with Crippen molar-refractivity contribution >= 4 is 24.0 Å². The summed E-state index contributed by atoms with van der Waals surface area (Å²) in [5.41, 5.74) is 1.02. The van der Waals surface area contributed by atoms with Crippen LogP contribution in [0.25, 0.3) is 10.9 Å². The molecule has 1 N–H and O–H groups in total. The molecule has 0 aliphatic carbocycles. The van der Waals surface area contributed by atoms with Crippen LogP contribution in [0.2, 0.25) is 0 Å². The Morgan fingerprint density at radius 2 is 2.15 bits per heavy atom. The highest BCUT2D eigenvalue weighted by Gasteiger charge is 2.19. The van der Waals surface area contributed by atoms with E-state index in [1.54, 1.807) is 6.20 Å². The number of aromatic nitrogens is 1. The van der Waals surface area contributed by atoms with Gasteiger partial charge < -0.3 is 4.98 Å². The van der Waals surface area contributed by atoms with Crippen molar-refractivity contribution in [3.8, 4) is 0 Å². The third-order valence-corrected chi connectivity index (χ3v) is 3.15. The number of benzene rings is 1. The van der Waals surface area contributed by atoms with Crippen molar-refractivity contribution in [1.29, 1.82) is 0 Å². The number of hydrogen-bond acceptors (Lipinski definition) is 1. The minimum Gasteiger partial charge on any atom is -0.357 e. The topological polar surface area (TPSA) is 32.9 Å². The Kier molecular flexibility index (Phi) is 1.99. The number of hydrogen-bond donors (Lipinski definition) is 1. The summed E-state index contributed by atoms with van der Waals surface area (Å²) in [5.74, 6) is 1.48. The fourth-order valence-corrected chi connectivity index (χ4v) is 2.16. The van der Waals surface area contributed by atoms with Crippen LogP contribution in [0, 0.1) is 0 Å². The smallest absolute Gasteiger partial charge is 0.357 e. The zero-order chi connectivity index (χ0) is 9.26. The lowest BCUT2D eigenvalue weighted by atomic mass is 10.2. The number of para-hydroxylation sites is 1. The minimum atomic E-state index is -1.45. The van der Waals surface area contributed by atoms with Gasteiger partial charge in [0.2, 0.25) is 5.30 Å². The van der Waals surface area contributed by atoms with Gasteiger partial charge in [0, 0.05) is 0 Å². The molecule has 0 amide bonds. The van der Waals surface area contributed by atoms with E-state index in [1.165, 1.54) is 5.82 Å². The van der Waals surface area contributed by atoms with Crippen LogP contribution in [0.1, 0.15) is 0 Å². The first-order valence-corrected chi connectivity index (χ1v) is 5.31. The van der Waals surface area contributed by atoms with Crippen molar-refractivity contribution in [3.63, 3.8) is 0 Å². The Morgan fingerprint density at radius 3 is 2.92 bits per heavy atom. The van der Waals surface area contributed by atoms with Crippen molar-refractivity contribution in [1.82, 2.24) is 4.98 Å². The van der Waals surface area contributed by atoms with E-state index in [4.69, 9.17) is 0 Å². The Hall–Kier alpha value is -1.40. The lowest BCUT2D eigenvalue weighted by Gasteiger charge is -1.84. The summed E-state index contributed by atoms with van der Waals surface area (Å²) < 4.78 is 11.5. The quantitative estimate of drug-likeness (QED) is 0.725. The van der Waals surface area contributed by atoms with Crippen LogP contribution in [-0.4, -0.2) is 4.98 Å². The van der Waals surface area contributed by atoms with E-state index in [1.807, 2.05) is 24.3 Å². The summed E-state index contributed by atoms with van der Waals surface area (Å²) in [4.78, 5) is 3.07. The molecule has 64 valence electrons. The molecule has 0 saturated heterocycles. The molecule has 1 heterocycles. The van der Waals surface area contributed by atoms with E-state index >= 15 is 0 Å². The average Bonchev–Trinajstić information content (AvgIpc) is 2.60. The van der Waals surface area contributed by atoms with Crippen molar-refractivity contribution in [2.75, 3.05) is 0 Å². The Labute approximate surface area is 77.1 Å². The second kappa shape index (κ2) is 3.15. The van der Waals surface area contributed by atoms with Crippen molar-refractivity contribution < 1.29 is 4.57 Å². The molecule has 0 saturated carbocycles. The van der Waals surface area contributed by atoms with E-state index in [2.05, 4.69) is 11.6 Å². The summed E-state index contributed by atoms with van der Waals surface area (Å²) in [7, 11) is -1.45. The number of H-pyrrole nitrogens is 1. The van der Waals surface area contributed by atoms with Crippen molar-refractivity contribution in [3.05, 3.63) is 42.9 Å². The van der Waals surface area contributed by atoms with Gasteiger partial charge in [-0.05, 0) is 12.1 Å². The molecular weight excluding hydrogens is 181 g/mol. The molecule has 3 heteroatoms. The number of nitrogens with one attached hydrogen (secondary N) is 1. The first kappa shape index (κ1) is 8.21. The van der Waals surface area contributed by atoms with Gasteiger partial charge >= 0.3 is 7.80 Å². The zero-order valence-corrected chi connectivity index (χ0v) is 7.92. The fourth-order valence-electron chi connectivity index (χ4n) is 1.34. The molecule has 1 unspecified atom stereocenters. The maximum atomic E-state index is 11.5. The lowest BCUT2D eigenvalue weighted by molar-refractivity contribution is 0.598. The first-order valence-electron chi connectivity index (χ1n) is 3.98. The third kappa shape index (κ3) is 1.30. The van der Waals surface area contributed by atoms with Crippen LogP contribution < -0.4 is 5.30 Å². The lowest BCUT2D eigenvalue weighted by Crippen LogP contribution is -1.89. The normalized spacial score (nSPS) is 11.5. The number of fused-ring (bicyclic) bond motifs is 1. The van der Waals surface area contributed by atoms with E-state index in [-0.39, 0.29) is 0 Å². The van der Waals surface area contributed by atoms with Gasteiger partial charge in [-0.15, -0.1) is 0 Å². The van der Waals surface area contributed by atoms with Gasteiger partial charge in [0.05, 0.1) is 17.1 Å². The predicted molar refractivity (Wildman–Crippen MR) is 55.7 cm³/mol. The van der Waals surface area contributed by atoms with Gasteiger partial charge in [-0.1, -0.05) is 23.3 Å². The minimum absolute atomic E-state index is 0.834. The second-order valence-electron chi connectivity index (χ2n) is 2.73. The predicted octanol–water partition coefficient (Wildman–Crippen LogP) is 2.76. The molecule has 0 aliphatic rings. The van der Waals surface area contributed by atoms with Crippen molar-refractivity contribution in [2.24, 2.45) is 0 Å². The Morgan fingerprint density at radius 1 is 1.38 bits per heavy atom. The molecule has 2 aromatic rings. The van der Waals surface area contributed by atoms with Crippen LogP contribution in [0.4, 0.5) is 0 Å². The van der Waals surface area contributed by atoms with Gasteiger partial charge in [0.15, 0.2) is 5.82 Å². The molecule has 2 rings (SSSR count). The summed E-state index contributed by atoms with van der Waals surface area (Å²) >= 11 is 0. The highest BCUT2D eigenvalue weighted by molar-refractivity contribution is 7.57. The maximum Gasteiger partial charge on any atom is 0.409 e. The summed E-state index contributed by atoms with van der Waals surface area (Å²) in [6.07, 6.45) is 1.78.